The average molecular weight is 433 g/mol. The van der Waals surface area contributed by atoms with Crippen LogP contribution in [0.2, 0.25) is 0 Å². The molecule has 0 aromatic heterocycles. The predicted molar refractivity (Wildman–Crippen MR) is 115 cm³/mol. The number of rotatable bonds is 8. The molecular formula is C22H28N2O5S. The lowest BCUT2D eigenvalue weighted by molar-refractivity contribution is -0.120. The van der Waals surface area contributed by atoms with Gasteiger partial charge in [-0.05, 0) is 56.2 Å². The largest absolute Gasteiger partial charge is 0.491 e. The van der Waals surface area contributed by atoms with Crippen molar-refractivity contribution in [3.63, 3.8) is 0 Å². The van der Waals surface area contributed by atoms with Gasteiger partial charge in [0.15, 0.2) is 0 Å². The van der Waals surface area contributed by atoms with Gasteiger partial charge in [0, 0.05) is 31.8 Å². The third-order valence-electron chi connectivity index (χ3n) is 5.16. The predicted octanol–water partition coefficient (Wildman–Crippen LogP) is 3.06. The van der Waals surface area contributed by atoms with Crippen LogP contribution in [-0.2, 0) is 19.6 Å². The molecule has 1 aliphatic rings. The number of amides is 1. The summed E-state index contributed by atoms with van der Waals surface area (Å²) in [6.45, 7) is 3.56. The van der Waals surface area contributed by atoms with Crippen molar-refractivity contribution in [1.82, 2.24) is 4.31 Å². The van der Waals surface area contributed by atoms with E-state index >= 15 is 0 Å². The fourth-order valence-corrected chi connectivity index (χ4v) is 4.81. The number of carbonyl (C=O) groups excluding carboxylic acids is 1. The number of nitrogens with one attached hydrogen (secondary N) is 1. The molecule has 0 spiro atoms. The number of anilines is 1. The highest BCUT2D eigenvalue weighted by Gasteiger charge is 2.32. The molecule has 1 N–H and O–H groups in total. The molecule has 1 heterocycles. The second kappa shape index (κ2) is 10.1. The van der Waals surface area contributed by atoms with E-state index in [2.05, 4.69) is 5.32 Å². The number of aryl methyl sites for hydroxylation is 1. The van der Waals surface area contributed by atoms with Gasteiger partial charge in [0.1, 0.15) is 12.4 Å². The number of carbonyl (C=O) groups is 1. The standard InChI is InChI=1S/C22H28N2O5S/c1-17-3-9-21(10-4-17)30(26,27)24-13-11-18(12-14-24)22(25)23-19-5-7-20(8-6-19)29-16-15-28-2/h3-10,18H,11-16H2,1-2H3,(H,23,25). The van der Waals surface area contributed by atoms with Crippen molar-refractivity contribution in [3.05, 3.63) is 54.1 Å². The van der Waals surface area contributed by atoms with Crippen LogP contribution in [0, 0.1) is 12.8 Å². The van der Waals surface area contributed by atoms with E-state index in [9.17, 15) is 13.2 Å². The van der Waals surface area contributed by atoms with Crippen LogP contribution < -0.4 is 10.1 Å². The highest BCUT2D eigenvalue weighted by Crippen LogP contribution is 2.25. The molecule has 1 amide bonds. The van der Waals surface area contributed by atoms with Crippen molar-refractivity contribution < 1.29 is 22.7 Å². The molecular weight excluding hydrogens is 404 g/mol. The van der Waals surface area contributed by atoms with Crippen molar-refractivity contribution in [2.75, 3.05) is 38.7 Å². The topological polar surface area (TPSA) is 84.9 Å². The number of hydrogen-bond acceptors (Lipinski definition) is 5. The smallest absolute Gasteiger partial charge is 0.243 e. The Morgan fingerprint density at radius 2 is 1.67 bits per heavy atom. The molecule has 1 fully saturated rings. The zero-order valence-corrected chi connectivity index (χ0v) is 18.2. The minimum absolute atomic E-state index is 0.0876. The third-order valence-corrected chi connectivity index (χ3v) is 7.07. The van der Waals surface area contributed by atoms with Crippen molar-refractivity contribution in [3.8, 4) is 5.75 Å². The number of piperidine rings is 1. The van der Waals surface area contributed by atoms with Gasteiger partial charge >= 0.3 is 0 Å². The summed E-state index contributed by atoms with van der Waals surface area (Å²) in [5.41, 5.74) is 1.70. The lowest BCUT2D eigenvalue weighted by Gasteiger charge is -2.30. The van der Waals surface area contributed by atoms with Crippen LogP contribution in [0.4, 0.5) is 5.69 Å². The van der Waals surface area contributed by atoms with E-state index < -0.39 is 10.0 Å². The van der Waals surface area contributed by atoms with Crippen LogP contribution in [0.15, 0.2) is 53.4 Å². The van der Waals surface area contributed by atoms with Gasteiger partial charge in [-0.3, -0.25) is 4.79 Å². The Bertz CT molecular complexity index is 934. The molecule has 0 aliphatic carbocycles. The molecule has 0 bridgehead atoms. The molecule has 2 aromatic rings. The number of nitrogens with zero attached hydrogens (tertiary/aromatic N) is 1. The number of benzene rings is 2. The quantitative estimate of drug-likeness (QED) is 0.648. The summed E-state index contributed by atoms with van der Waals surface area (Å²) >= 11 is 0. The SMILES string of the molecule is COCCOc1ccc(NC(=O)C2CCN(S(=O)(=O)c3ccc(C)cc3)CC2)cc1. The van der Waals surface area contributed by atoms with Crippen LogP contribution in [-0.4, -0.2) is 52.0 Å². The Kier molecular flexibility index (Phi) is 7.47. The Morgan fingerprint density at radius 1 is 1.03 bits per heavy atom. The first-order chi connectivity index (χ1) is 14.4. The number of hydrogen-bond donors (Lipinski definition) is 1. The van der Waals surface area contributed by atoms with Crippen LogP contribution in [0.25, 0.3) is 0 Å². The number of ether oxygens (including phenoxy) is 2. The monoisotopic (exact) mass is 432 g/mol. The van der Waals surface area contributed by atoms with E-state index in [1.54, 1.807) is 55.6 Å². The normalized spacial score (nSPS) is 15.7. The zero-order valence-electron chi connectivity index (χ0n) is 17.3. The Hall–Kier alpha value is -2.42. The summed E-state index contributed by atoms with van der Waals surface area (Å²) in [5, 5.41) is 2.91. The number of sulfonamides is 1. The molecule has 1 aliphatic heterocycles. The fraction of sp³-hybridized carbons (Fsp3) is 0.409. The van der Waals surface area contributed by atoms with Gasteiger partial charge < -0.3 is 14.8 Å². The molecule has 0 saturated carbocycles. The van der Waals surface area contributed by atoms with Crippen molar-refractivity contribution in [2.24, 2.45) is 5.92 Å². The van der Waals surface area contributed by atoms with Crippen molar-refractivity contribution in [1.29, 1.82) is 0 Å². The van der Waals surface area contributed by atoms with Crippen molar-refractivity contribution >= 4 is 21.6 Å². The molecule has 0 radical (unpaired) electrons. The minimum Gasteiger partial charge on any atom is -0.491 e. The first-order valence-corrected chi connectivity index (χ1v) is 11.4. The van der Waals surface area contributed by atoms with Crippen LogP contribution >= 0.6 is 0 Å². The first-order valence-electron chi connectivity index (χ1n) is 9.99. The van der Waals surface area contributed by atoms with E-state index in [1.807, 2.05) is 6.92 Å². The Balaban J connectivity index is 1.52. The molecule has 3 rings (SSSR count). The van der Waals surface area contributed by atoms with Gasteiger partial charge in [-0.15, -0.1) is 0 Å². The van der Waals surface area contributed by atoms with Gasteiger partial charge in [0.2, 0.25) is 15.9 Å². The molecule has 0 unspecified atom stereocenters. The summed E-state index contributed by atoms with van der Waals surface area (Å²) in [7, 11) is -1.91. The second-order valence-electron chi connectivity index (χ2n) is 7.35. The average Bonchev–Trinajstić information content (AvgIpc) is 2.75. The fourth-order valence-electron chi connectivity index (χ4n) is 3.34. The lowest BCUT2D eigenvalue weighted by Crippen LogP contribution is -2.41. The van der Waals surface area contributed by atoms with Gasteiger partial charge in [-0.1, -0.05) is 17.7 Å². The molecule has 2 aromatic carbocycles. The van der Waals surface area contributed by atoms with E-state index in [0.717, 1.165) is 5.56 Å². The van der Waals surface area contributed by atoms with Gasteiger partial charge in [-0.2, -0.15) is 4.31 Å². The summed E-state index contributed by atoms with van der Waals surface area (Å²) in [6, 6.07) is 14.0. The summed E-state index contributed by atoms with van der Waals surface area (Å²) in [4.78, 5) is 12.9. The molecule has 0 atom stereocenters. The lowest BCUT2D eigenvalue weighted by atomic mass is 9.97. The van der Waals surface area contributed by atoms with Crippen molar-refractivity contribution in [2.45, 2.75) is 24.7 Å². The second-order valence-corrected chi connectivity index (χ2v) is 9.28. The summed E-state index contributed by atoms with van der Waals surface area (Å²) < 4.78 is 37.5. The summed E-state index contributed by atoms with van der Waals surface area (Å²) in [5.74, 6) is 0.405. The highest BCUT2D eigenvalue weighted by molar-refractivity contribution is 7.89. The molecule has 7 nitrogen and oxygen atoms in total. The Morgan fingerprint density at radius 3 is 2.27 bits per heavy atom. The van der Waals surface area contributed by atoms with Crippen LogP contribution in [0.3, 0.4) is 0 Å². The Labute approximate surface area is 178 Å². The van der Waals surface area contributed by atoms with Gasteiger partial charge in [0.25, 0.3) is 0 Å². The van der Waals surface area contributed by atoms with E-state index in [-0.39, 0.29) is 11.8 Å². The van der Waals surface area contributed by atoms with Gasteiger partial charge in [0.05, 0.1) is 11.5 Å². The van der Waals surface area contributed by atoms with E-state index in [0.29, 0.717) is 55.5 Å². The maximum absolute atomic E-state index is 12.8. The maximum atomic E-state index is 12.8. The molecule has 162 valence electrons. The number of methoxy groups -OCH3 is 1. The minimum atomic E-state index is -3.52. The molecule has 1 saturated heterocycles. The summed E-state index contributed by atoms with van der Waals surface area (Å²) in [6.07, 6.45) is 0.990. The highest BCUT2D eigenvalue weighted by atomic mass is 32.2. The maximum Gasteiger partial charge on any atom is 0.243 e. The van der Waals surface area contributed by atoms with E-state index in [1.165, 1.54) is 4.31 Å². The van der Waals surface area contributed by atoms with Crippen LogP contribution in [0.5, 0.6) is 5.75 Å². The molecule has 8 heteroatoms. The zero-order chi connectivity index (χ0) is 21.6. The van der Waals surface area contributed by atoms with Crippen LogP contribution in [0.1, 0.15) is 18.4 Å². The first kappa shape index (κ1) is 22.3. The third kappa shape index (κ3) is 5.59. The van der Waals surface area contributed by atoms with E-state index in [4.69, 9.17) is 9.47 Å². The van der Waals surface area contributed by atoms with Gasteiger partial charge in [-0.25, -0.2) is 8.42 Å². The molecule has 30 heavy (non-hydrogen) atoms.